The number of carboxylic acids is 1. The van der Waals surface area contributed by atoms with E-state index in [2.05, 4.69) is 0 Å². The van der Waals surface area contributed by atoms with Gasteiger partial charge in [-0.3, -0.25) is 4.90 Å². The second kappa shape index (κ2) is 5.88. The third-order valence-corrected chi connectivity index (χ3v) is 3.12. The van der Waals surface area contributed by atoms with Crippen LogP contribution in [-0.4, -0.2) is 23.0 Å². The molecule has 2 aromatic rings. The normalized spacial score (nSPS) is 11.0. The molecule has 4 nitrogen and oxygen atoms in total. The maximum Gasteiger partial charge on any atom is 0.338 e. The molecule has 1 heterocycles. The van der Waals surface area contributed by atoms with Gasteiger partial charge >= 0.3 is 5.97 Å². The molecule has 2 rings (SSSR count). The lowest BCUT2D eigenvalue weighted by Gasteiger charge is -2.16. The van der Waals surface area contributed by atoms with Gasteiger partial charge in [0, 0.05) is 18.7 Å². The van der Waals surface area contributed by atoms with Crippen LogP contribution < -0.4 is 0 Å². The van der Waals surface area contributed by atoms with Crippen molar-refractivity contribution in [1.82, 2.24) is 4.90 Å². The summed E-state index contributed by atoms with van der Waals surface area (Å²) in [4.78, 5) is 12.9. The number of nitrogens with zero attached hydrogens (tertiary/aromatic N) is 1. The number of halogens is 1. The first-order chi connectivity index (χ1) is 9.47. The van der Waals surface area contributed by atoms with Crippen LogP contribution in [0.3, 0.4) is 0 Å². The minimum absolute atomic E-state index is 0.296. The molecule has 0 saturated heterocycles. The Labute approximate surface area is 116 Å². The summed E-state index contributed by atoms with van der Waals surface area (Å²) in [5, 5.41) is 8.90. The summed E-state index contributed by atoms with van der Waals surface area (Å²) in [7, 11) is 1.91. The molecule has 0 bridgehead atoms. The Morgan fingerprint density at radius 3 is 2.70 bits per heavy atom. The van der Waals surface area contributed by atoms with E-state index >= 15 is 0 Å². The largest absolute Gasteiger partial charge is 0.478 e. The van der Waals surface area contributed by atoms with Crippen molar-refractivity contribution in [3.05, 3.63) is 58.8 Å². The predicted molar refractivity (Wildman–Crippen MR) is 72.0 cm³/mol. The molecule has 0 saturated carbocycles. The number of aromatic carboxylic acids is 1. The van der Waals surface area contributed by atoms with Gasteiger partial charge in [0.15, 0.2) is 0 Å². The van der Waals surface area contributed by atoms with E-state index in [9.17, 15) is 9.18 Å². The molecule has 5 heteroatoms. The van der Waals surface area contributed by atoms with Gasteiger partial charge in [0.05, 0.1) is 11.8 Å². The maximum absolute atomic E-state index is 13.3. The molecular weight excluding hydrogens is 261 g/mol. The number of carboxylic acid groups (broad SMARTS) is 1. The van der Waals surface area contributed by atoms with Crippen LogP contribution in [0.5, 0.6) is 0 Å². The Bertz CT molecular complexity index is 621. The molecule has 1 N–H and O–H groups in total. The fraction of sp³-hybridized carbons (Fsp3) is 0.267. The molecule has 0 aliphatic rings. The molecule has 0 atom stereocenters. The minimum Gasteiger partial charge on any atom is -0.478 e. The van der Waals surface area contributed by atoms with Crippen molar-refractivity contribution in [3.63, 3.8) is 0 Å². The molecule has 0 spiro atoms. The molecular formula is C15H16FNO3. The second-order valence-corrected chi connectivity index (χ2v) is 4.79. The average molecular weight is 277 g/mol. The summed E-state index contributed by atoms with van der Waals surface area (Å²) < 4.78 is 18.5. The monoisotopic (exact) mass is 277 g/mol. The third kappa shape index (κ3) is 3.24. The number of benzene rings is 1. The molecule has 20 heavy (non-hydrogen) atoms. The SMILES string of the molecule is Cc1occc1CN(C)Cc1ccc(F)c(C(=O)O)c1. The van der Waals surface area contributed by atoms with Crippen LogP contribution in [0.25, 0.3) is 0 Å². The van der Waals surface area contributed by atoms with Gasteiger partial charge in [-0.15, -0.1) is 0 Å². The summed E-state index contributed by atoms with van der Waals surface area (Å²) in [6.45, 7) is 3.11. The smallest absolute Gasteiger partial charge is 0.338 e. The van der Waals surface area contributed by atoms with Crippen LogP contribution >= 0.6 is 0 Å². The lowest BCUT2D eigenvalue weighted by molar-refractivity contribution is 0.0691. The van der Waals surface area contributed by atoms with Gasteiger partial charge in [-0.25, -0.2) is 9.18 Å². The molecule has 1 aromatic carbocycles. The first-order valence-corrected chi connectivity index (χ1v) is 6.20. The lowest BCUT2D eigenvalue weighted by atomic mass is 10.1. The summed E-state index contributed by atoms with van der Waals surface area (Å²) >= 11 is 0. The second-order valence-electron chi connectivity index (χ2n) is 4.79. The summed E-state index contributed by atoms with van der Waals surface area (Å²) in [6.07, 6.45) is 1.64. The Hall–Kier alpha value is -2.14. The van der Waals surface area contributed by atoms with Crippen LogP contribution in [0.4, 0.5) is 4.39 Å². The van der Waals surface area contributed by atoms with Gasteiger partial charge in [0.25, 0.3) is 0 Å². The molecule has 0 amide bonds. The first kappa shape index (κ1) is 14.3. The Kier molecular flexibility index (Phi) is 4.20. The van der Waals surface area contributed by atoms with E-state index in [1.54, 1.807) is 12.3 Å². The van der Waals surface area contributed by atoms with Crippen LogP contribution in [0.1, 0.15) is 27.2 Å². The van der Waals surface area contributed by atoms with Crippen molar-refractivity contribution >= 4 is 5.97 Å². The first-order valence-electron chi connectivity index (χ1n) is 6.20. The molecule has 1 aromatic heterocycles. The minimum atomic E-state index is -1.25. The molecule has 0 radical (unpaired) electrons. The van der Waals surface area contributed by atoms with Crippen LogP contribution in [0.15, 0.2) is 34.9 Å². The van der Waals surface area contributed by atoms with Crippen molar-refractivity contribution in [3.8, 4) is 0 Å². The van der Waals surface area contributed by atoms with Crippen molar-refractivity contribution in [2.75, 3.05) is 7.05 Å². The van der Waals surface area contributed by atoms with E-state index in [0.717, 1.165) is 16.9 Å². The van der Waals surface area contributed by atoms with E-state index in [1.165, 1.54) is 12.1 Å². The zero-order valence-corrected chi connectivity index (χ0v) is 11.4. The summed E-state index contributed by atoms with van der Waals surface area (Å²) in [5.74, 6) is -1.10. The van der Waals surface area contributed by atoms with Crippen molar-refractivity contribution in [1.29, 1.82) is 0 Å². The van der Waals surface area contributed by atoms with E-state index in [4.69, 9.17) is 9.52 Å². The number of hydrogen-bond acceptors (Lipinski definition) is 3. The van der Waals surface area contributed by atoms with Gasteiger partial charge in [-0.1, -0.05) is 6.07 Å². The van der Waals surface area contributed by atoms with Crippen LogP contribution in [0.2, 0.25) is 0 Å². The molecule has 106 valence electrons. The number of furan rings is 1. The molecule has 0 fully saturated rings. The van der Waals surface area contributed by atoms with Crippen molar-refractivity contribution in [2.45, 2.75) is 20.0 Å². The standard InChI is InChI=1S/C15H16FNO3/c1-10-12(5-6-20-10)9-17(2)8-11-3-4-14(16)13(7-11)15(18)19/h3-7H,8-9H2,1-2H3,(H,18,19). The number of carbonyl (C=O) groups is 1. The Balaban J connectivity index is 2.08. The number of aryl methyl sites for hydroxylation is 1. The fourth-order valence-electron chi connectivity index (χ4n) is 2.07. The van der Waals surface area contributed by atoms with E-state index in [-0.39, 0.29) is 5.56 Å². The lowest BCUT2D eigenvalue weighted by Crippen LogP contribution is -2.17. The highest BCUT2D eigenvalue weighted by Crippen LogP contribution is 2.15. The average Bonchev–Trinajstić information content (AvgIpc) is 2.77. The van der Waals surface area contributed by atoms with Gasteiger partial charge in [0.2, 0.25) is 0 Å². The Morgan fingerprint density at radius 2 is 2.10 bits per heavy atom. The number of rotatable bonds is 5. The van der Waals surface area contributed by atoms with Gasteiger partial charge in [0.1, 0.15) is 11.6 Å². The fourth-order valence-corrected chi connectivity index (χ4v) is 2.07. The molecule has 0 unspecified atom stereocenters. The predicted octanol–water partition coefficient (Wildman–Crippen LogP) is 3.06. The zero-order chi connectivity index (χ0) is 14.7. The van der Waals surface area contributed by atoms with E-state index in [0.29, 0.717) is 13.1 Å². The quantitative estimate of drug-likeness (QED) is 0.912. The van der Waals surface area contributed by atoms with E-state index < -0.39 is 11.8 Å². The topological polar surface area (TPSA) is 53.7 Å². The van der Waals surface area contributed by atoms with Gasteiger partial charge < -0.3 is 9.52 Å². The molecule has 0 aliphatic carbocycles. The highest BCUT2D eigenvalue weighted by Gasteiger charge is 2.12. The summed E-state index contributed by atoms with van der Waals surface area (Å²) in [5.41, 5.74) is 1.54. The van der Waals surface area contributed by atoms with Crippen molar-refractivity contribution < 1.29 is 18.7 Å². The number of hydrogen-bond donors (Lipinski definition) is 1. The van der Waals surface area contributed by atoms with Gasteiger partial charge in [-0.2, -0.15) is 0 Å². The van der Waals surface area contributed by atoms with E-state index in [1.807, 2.05) is 24.9 Å². The van der Waals surface area contributed by atoms with Gasteiger partial charge in [-0.05, 0) is 37.7 Å². The maximum atomic E-state index is 13.3. The molecule has 0 aliphatic heterocycles. The van der Waals surface area contributed by atoms with Crippen molar-refractivity contribution in [2.24, 2.45) is 0 Å². The van der Waals surface area contributed by atoms with Crippen LogP contribution in [-0.2, 0) is 13.1 Å². The summed E-state index contributed by atoms with van der Waals surface area (Å²) in [6, 6.07) is 6.06. The zero-order valence-electron chi connectivity index (χ0n) is 11.4. The third-order valence-electron chi connectivity index (χ3n) is 3.12. The highest BCUT2D eigenvalue weighted by atomic mass is 19.1. The Morgan fingerprint density at radius 1 is 1.35 bits per heavy atom. The van der Waals surface area contributed by atoms with Crippen LogP contribution in [0, 0.1) is 12.7 Å². The highest BCUT2D eigenvalue weighted by molar-refractivity contribution is 5.88.